The summed E-state index contributed by atoms with van der Waals surface area (Å²) in [5.74, 6) is 3.51. The molecule has 1 heterocycles. The van der Waals surface area contributed by atoms with Gasteiger partial charge in [-0.15, -0.1) is 0 Å². The third-order valence-electron chi connectivity index (χ3n) is 9.56. The molecular weight excluding hydrogens is 308 g/mol. The first-order valence-electron chi connectivity index (χ1n) is 10.7. The van der Waals surface area contributed by atoms with E-state index in [1.807, 2.05) is 6.26 Å². The second-order valence-electron chi connectivity index (χ2n) is 10.3. The smallest absolute Gasteiger partial charge is 0.0938 e. The fourth-order valence-corrected chi connectivity index (χ4v) is 8.19. The monoisotopic (exact) mass is 342 g/mol. The molecule has 4 fully saturated rings. The molecule has 1 aromatic heterocycles. The zero-order chi connectivity index (χ0) is 17.2. The van der Waals surface area contributed by atoms with Gasteiger partial charge < -0.3 is 9.52 Å². The van der Waals surface area contributed by atoms with Crippen LogP contribution in [0.25, 0.3) is 0 Å². The fourth-order valence-electron chi connectivity index (χ4n) is 8.19. The van der Waals surface area contributed by atoms with Crippen molar-refractivity contribution in [2.24, 2.45) is 34.5 Å². The minimum Gasteiger partial charge on any atom is -0.472 e. The molecule has 5 rings (SSSR count). The summed E-state index contributed by atoms with van der Waals surface area (Å²) in [5, 5.41) is 11.6. The lowest BCUT2D eigenvalue weighted by Crippen LogP contribution is -2.58. The van der Waals surface area contributed by atoms with Gasteiger partial charge in [0.2, 0.25) is 0 Å². The number of aliphatic hydroxyl groups excluding tert-OH is 1. The van der Waals surface area contributed by atoms with Crippen molar-refractivity contribution in [3.05, 3.63) is 24.2 Å². The second kappa shape index (κ2) is 5.62. The first kappa shape index (κ1) is 16.4. The normalized spacial score (nSPS) is 52.3. The van der Waals surface area contributed by atoms with Crippen molar-refractivity contribution >= 4 is 0 Å². The average molecular weight is 343 g/mol. The van der Waals surface area contributed by atoms with Gasteiger partial charge in [0.15, 0.2) is 0 Å². The van der Waals surface area contributed by atoms with Gasteiger partial charge in [0.1, 0.15) is 0 Å². The summed E-state index contributed by atoms with van der Waals surface area (Å²) in [6, 6.07) is 2.08. The van der Waals surface area contributed by atoms with E-state index < -0.39 is 0 Å². The molecule has 4 aliphatic carbocycles. The number of fused-ring (bicyclic) bond motifs is 5. The van der Waals surface area contributed by atoms with Crippen LogP contribution in [-0.4, -0.2) is 11.2 Å². The molecule has 0 amide bonds. The highest BCUT2D eigenvalue weighted by molar-refractivity contribution is 5.20. The van der Waals surface area contributed by atoms with E-state index in [0.717, 1.165) is 30.1 Å². The molecule has 0 saturated heterocycles. The SMILES string of the molecule is C[C@@]12CCC[C@H]1[C@@H]1CCC3CCC(c4ccoc4)C(O)[C@]3(C)[C@@H]1CC2. The Hall–Kier alpha value is -0.760. The molecule has 0 spiro atoms. The Kier molecular flexibility index (Phi) is 3.69. The van der Waals surface area contributed by atoms with Crippen molar-refractivity contribution in [2.45, 2.75) is 83.7 Å². The Balaban J connectivity index is 1.49. The van der Waals surface area contributed by atoms with Crippen LogP contribution in [0, 0.1) is 34.5 Å². The molecule has 0 radical (unpaired) electrons. The van der Waals surface area contributed by atoms with Gasteiger partial charge in [0.25, 0.3) is 0 Å². The van der Waals surface area contributed by atoms with Gasteiger partial charge in [0, 0.05) is 5.92 Å². The Morgan fingerprint density at radius 1 is 1.00 bits per heavy atom. The summed E-state index contributed by atoms with van der Waals surface area (Å²) in [6.45, 7) is 5.03. The minimum atomic E-state index is -0.206. The third kappa shape index (κ3) is 2.19. The standard InChI is InChI=1S/C23H34O2/c1-22-11-3-4-19(22)18-8-6-16-5-7-17(15-10-13-25-14-15)21(24)23(16,2)20(18)9-12-22/h10,13-14,16-21,24H,3-9,11-12H2,1-2H3/t16?,17?,18-,19-,20+,21?,22-,23-/m0/s1. The van der Waals surface area contributed by atoms with Gasteiger partial charge >= 0.3 is 0 Å². The molecule has 4 saturated carbocycles. The summed E-state index contributed by atoms with van der Waals surface area (Å²) >= 11 is 0. The maximum absolute atomic E-state index is 11.6. The average Bonchev–Trinajstić information content (AvgIpc) is 3.25. The molecule has 0 bridgehead atoms. The molecular formula is C23H34O2. The molecule has 1 N–H and O–H groups in total. The molecule has 3 unspecified atom stereocenters. The molecule has 0 aliphatic heterocycles. The van der Waals surface area contributed by atoms with Crippen LogP contribution in [0.1, 0.15) is 83.1 Å². The van der Waals surface area contributed by atoms with Crippen LogP contribution >= 0.6 is 0 Å². The van der Waals surface area contributed by atoms with Gasteiger partial charge in [-0.25, -0.2) is 0 Å². The topological polar surface area (TPSA) is 33.4 Å². The Bertz CT molecular complexity index is 622. The van der Waals surface area contributed by atoms with E-state index in [2.05, 4.69) is 19.9 Å². The molecule has 138 valence electrons. The fraction of sp³-hybridized carbons (Fsp3) is 0.826. The molecule has 2 nitrogen and oxygen atoms in total. The first-order chi connectivity index (χ1) is 12.0. The Morgan fingerprint density at radius 2 is 1.84 bits per heavy atom. The zero-order valence-electron chi connectivity index (χ0n) is 15.9. The summed E-state index contributed by atoms with van der Waals surface area (Å²) < 4.78 is 5.35. The molecule has 4 aliphatic rings. The van der Waals surface area contributed by atoms with E-state index in [-0.39, 0.29) is 17.4 Å². The summed E-state index contributed by atoms with van der Waals surface area (Å²) in [4.78, 5) is 0. The van der Waals surface area contributed by atoms with Crippen LogP contribution in [-0.2, 0) is 0 Å². The van der Waals surface area contributed by atoms with Crippen molar-refractivity contribution in [1.29, 1.82) is 0 Å². The lowest BCUT2D eigenvalue weighted by molar-refractivity contribution is -0.166. The molecule has 8 atom stereocenters. The molecule has 0 aromatic carbocycles. The lowest BCUT2D eigenvalue weighted by atomic mass is 9.43. The largest absolute Gasteiger partial charge is 0.472 e. The van der Waals surface area contributed by atoms with Gasteiger partial charge in [0.05, 0.1) is 18.6 Å². The van der Waals surface area contributed by atoms with Crippen LogP contribution in [0.3, 0.4) is 0 Å². The highest BCUT2D eigenvalue weighted by atomic mass is 16.3. The third-order valence-corrected chi connectivity index (χ3v) is 9.56. The second-order valence-corrected chi connectivity index (χ2v) is 10.3. The molecule has 2 heteroatoms. The van der Waals surface area contributed by atoms with E-state index in [9.17, 15) is 5.11 Å². The van der Waals surface area contributed by atoms with Crippen LogP contribution in [0.4, 0.5) is 0 Å². The Morgan fingerprint density at radius 3 is 2.64 bits per heavy atom. The summed E-state index contributed by atoms with van der Waals surface area (Å²) in [7, 11) is 0. The van der Waals surface area contributed by atoms with E-state index in [4.69, 9.17) is 4.42 Å². The maximum atomic E-state index is 11.6. The highest BCUT2D eigenvalue weighted by Gasteiger charge is 2.61. The van der Waals surface area contributed by atoms with Gasteiger partial charge in [-0.3, -0.25) is 0 Å². The van der Waals surface area contributed by atoms with Crippen LogP contribution in [0.5, 0.6) is 0 Å². The summed E-state index contributed by atoms with van der Waals surface area (Å²) in [6.07, 6.45) is 15.7. The number of hydrogen-bond acceptors (Lipinski definition) is 2. The molecule has 1 aromatic rings. The van der Waals surface area contributed by atoms with Gasteiger partial charge in [-0.2, -0.15) is 0 Å². The zero-order valence-corrected chi connectivity index (χ0v) is 15.9. The van der Waals surface area contributed by atoms with Crippen molar-refractivity contribution < 1.29 is 9.52 Å². The van der Waals surface area contributed by atoms with E-state index in [1.54, 1.807) is 6.26 Å². The van der Waals surface area contributed by atoms with E-state index in [0.29, 0.717) is 5.41 Å². The summed E-state index contributed by atoms with van der Waals surface area (Å²) in [5.41, 5.74) is 1.93. The van der Waals surface area contributed by atoms with Gasteiger partial charge in [-0.05, 0) is 97.5 Å². The molecule has 25 heavy (non-hydrogen) atoms. The minimum absolute atomic E-state index is 0.104. The van der Waals surface area contributed by atoms with E-state index >= 15 is 0 Å². The van der Waals surface area contributed by atoms with E-state index in [1.165, 1.54) is 56.9 Å². The van der Waals surface area contributed by atoms with Crippen molar-refractivity contribution in [2.75, 3.05) is 0 Å². The van der Waals surface area contributed by atoms with Crippen molar-refractivity contribution in [3.63, 3.8) is 0 Å². The first-order valence-corrected chi connectivity index (χ1v) is 10.7. The van der Waals surface area contributed by atoms with Crippen LogP contribution in [0.2, 0.25) is 0 Å². The lowest BCUT2D eigenvalue weighted by Gasteiger charge is -2.62. The maximum Gasteiger partial charge on any atom is 0.0938 e. The number of rotatable bonds is 1. The Labute approximate surface area is 152 Å². The number of hydrogen-bond donors (Lipinski definition) is 1. The van der Waals surface area contributed by atoms with Crippen molar-refractivity contribution in [1.82, 2.24) is 0 Å². The predicted molar refractivity (Wildman–Crippen MR) is 99.2 cm³/mol. The van der Waals surface area contributed by atoms with Crippen LogP contribution in [0.15, 0.2) is 23.0 Å². The van der Waals surface area contributed by atoms with Crippen molar-refractivity contribution in [3.8, 4) is 0 Å². The number of furan rings is 1. The predicted octanol–water partition coefficient (Wildman–Crippen LogP) is 5.77. The van der Waals surface area contributed by atoms with Crippen LogP contribution < -0.4 is 0 Å². The number of aliphatic hydroxyl groups is 1. The highest BCUT2D eigenvalue weighted by Crippen LogP contribution is 2.67. The van der Waals surface area contributed by atoms with Gasteiger partial charge in [-0.1, -0.05) is 20.3 Å². The quantitative estimate of drug-likeness (QED) is 0.703.